The summed E-state index contributed by atoms with van der Waals surface area (Å²) in [5.41, 5.74) is 1.97. The van der Waals surface area contributed by atoms with Crippen LogP contribution in [0.5, 0.6) is 5.75 Å². The van der Waals surface area contributed by atoms with Crippen LogP contribution < -0.4 is 15.0 Å². The lowest BCUT2D eigenvalue weighted by molar-refractivity contribution is -0.123. The molecule has 0 radical (unpaired) electrons. The number of hydrogen-bond donors (Lipinski definition) is 1. The Kier molecular flexibility index (Phi) is 4.64. The van der Waals surface area contributed by atoms with Crippen LogP contribution in [0.1, 0.15) is 5.56 Å². The predicted octanol–water partition coefficient (Wildman–Crippen LogP) is 3.67. The monoisotopic (exact) mass is 364 g/mol. The minimum absolute atomic E-state index is 0.113. The molecule has 0 bridgehead atoms. The molecule has 0 saturated heterocycles. The number of nitrogens with one attached hydrogen (secondary N) is 1. The molecule has 0 spiro atoms. The molecule has 0 unspecified atom stereocenters. The fraction of sp³-hybridized carbons (Fsp3) is 0.176. The number of aryl methyl sites for hydroxylation is 1. The molecule has 0 aliphatic carbocycles. The lowest BCUT2D eigenvalue weighted by Crippen LogP contribution is -2.43. The lowest BCUT2D eigenvalue weighted by atomic mass is 10.2. The van der Waals surface area contributed by atoms with Crippen molar-refractivity contribution in [3.05, 3.63) is 52.0 Å². The van der Waals surface area contributed by atoms with Gasteiger partial charge in [0.2, 0.25) is 5.91 Å². The second-order valence-corrected chi connectivity index (χ2v) is 6.24. The zero-order chi connectivity index (χ0) is 17.3. The first-order chi connectivity index (χ1) is 11.4. The molecule has 124 valence electrons. The van der Waals surface area contributed by atoms with E-state index in [1.54, 1.807) is 30.3 Å². The summed E-state index contributed by atoms with van der Waals surface area (Å²) in [6.07, 6.45) is 0. The predicted molar refractivity (Wildman–Crippen MR) is 94.1 cm³/mol. The van der Waals surface area contributed by atoms with E-state index in [9.17, 15) is 9.59 Å². The van der Waals surface area contributed by atoms with E-state index < -0.39 is 0 Å². The Labute approximate surface area is 149 Å². The first-order valence-corrected chi connectivity index (χ1v) is 7.98. The molecule has 7 heteroatoms. The summed E-state index contributed by atoms with van der Waals surface area (Å²) in [6, 6.07) is 10.2. The second kappa shape index (κ2) is 6.71. The third kappa shape index (κ3) is 3.47. The van der Waals surface area contributed by atoms with E-state index in [1.807, 2.05) is 13.0 Å². The quantitative estimate of drug-likeness (QED) is 0.903. The zero-order valence-corrected chi connectivity index (χ0v) is 14.3. The van der Waals surface area contributed by atoms with Gasteiger partial charge in [-0.1, -0.05) is 29.3 Å². The van der Waals surface area contributed by atoms with Crippen molar-refractivity contribution >= 4 is 46.4 Å². The Morgan fingerprint density at radius 1 is 1.25 bits per heavy atom. The summed E-state index contributed by atoms with van der Waals surface area (Å²) in [7, 11) is 0. The Bertz CT molecular complexity index is 823. The number of fused-ring (bicyclic) bond motifs is 1. The summed E-state index contributed by atoms with van der Waals surface area (Å²) in [6.45, 7) is 1.63. The summed E-state index contributed by atoms with van der Waals surface area (Å²) < 4.78 is 5.35. The van der Waals surface area contributed by atoms with Gasteiger partial charge in [-0.3, -0.25) is 14.5 Å². The number of anilines is 2. The molecule has 1 aliphatic heterocycles. The van der Waals surface area contributed by atoms with E-state index in [-0.39, 0.29) is 25.0 Å². The molecule has 2 amide bonds. The smallest absolute Gasteiger partial charge is 0.265 e. The van der Waals surface area contributed by atoms with E-state index in [0.29, 0.717) is 27.2 Å². The number of halogens is 2. The van der Waals surface area contributed by atoms with Crippen LogP contribution in [0, 0.1) is 6.92 Å². The molecule has 1 N–H and O–H groups in total. The highest BCUT2D eigenvalue weighted by molar-refractivity contribution is 6.31. The van der Waals surface area contributed by atoms with E-state index in [2.05, 4.69) is 5.32 Å². The van der Waals surface area contributed by atoms with Crippen LogP contribution in [0.4, 0.5) is 11.4 Å². The number of benzene rings is 2. The normalized spacial score (nSPS) is 13.3. The summed E-state index contributed by atoms with van der Waals surface area (Å²) >= 11 is 12.0. The number of carbonyl (C=O) groups is 2. The van der Waals surface area contributed by atoms with Gasteiger partial charge in [-0.15, -0.1) is 0 Å². The van der Waals surface area contributed by atoms with Crippen LogP contribution in [-0.4, -0.2) is 25.0 Å². The molecule has 3 rings (SSSR count). The first kappa shape index (κ1) is 16.6. The fourth-order valence-corrected chi connectivity index (χ4v) is 2.71. The van der Waals surface area contributed by atoms with E-state index >= 15 is 0 Å². The molecule has 0 aromatic heterocycles. The van der Waals surface area contributed by atoms with Gasteiger partial charge in [0.15, 0.2) is 6.61 Å². The molecular formula is C17H14Cl2N2O3. The van der Waals surface area contributed by atoms with Crippen LogP contribution in [0.25, 0.3) is 0 Å². The number of ether oxygens (including phenoxy) is 1. The van der Waals surface area contributed by atoms with Crippen molar-refractivity contribution < 1.29 is 14.3 Å². The van der Waals surface area contributed by atoms with Gasteiger partial charge in [0.25, 0.3) is 5.91 Å². The van der Waals surface area contributed by atoms with Crippen LogP contribution >= 0.6 is 23.2 Å². The van der Waals surface area contributed by atoms with Gasteiger partial charge in [-0.25, -0.2) is 0 Å². The van der Waals surface area contributed by atoms with Crippen LogP contribution in [0.3, 0.4) is 0 Å². The summed E-state index contributed by atoms with van der Waals surface area (Å²) in [5, 5.41) is 3.76. The Balaban J connectivity index is 1.77. The molecule has 1 heterocycles. The maximum atomic E-state index is 12.3. The molecule has 2 aromatic rings. The van der Waals surface area contributed by atoms with Crippen LogP contribution in [-0.2, 0) is 9.59 Å². The van der Waals surface area contributed by atoms with Crippen molar-refractivity contribution in [3.8, 4) is 5.75 Å². The van der Waals surface area contributed by atoms with E-state index in [1.165, 1.54) is 4.90 Å². The average Bonchev–Trinajstić information content (AvgIpc) is 2.54. The highest BCUT2D eigenvalue weighted by Crippen LogP contribution is 2.34. The number of rotatable bonds is 3. The van der Waals surface area contributed by atoms with Crippen molar-refractivity contribution in [1.82, 2.24) is 0 Å². The van der Waals surface area contributed by atoms with Gasteiger partial charge in [-0.2, -0.15) is 0 Å². The third-order valence-electron chi connectivity index (χ3n) is 3.62. The lowest BCUT2D eigenvalue weighted by Gasteiger charge is -2.29. The highest BCUT2D eigenvalue weighted by Gasteiger charge is 2.27. The standard InChI is InChI=1S/C17H14Cl2N2O3/c1-10-2-4-12(7-13(10)19)20-16(22)8-21-14-6-11(18)3-5-15(14)24-9-17(21)23/h2-7H,8-9H2,1H3,(H,20,22). The average molecular weight is 365 g/mol. The van der Waals surface area contributed by atoms with Gasteiger partial charge in [0, 0.05) is 15.7 Å². The summed E-state index contributed by atoms with van der Waals surface area (Å²) in [5.74, 6) is -0.122. The van der Waals surface area contributed by atoms with Gasteiger partial charge >= 0.3 is 0 Å². The molecule has 1 aliphatic rings. The molecule has 0 atom stereocenters. The van der Waals surface area contributed by atoms with Gasteiger partial charge in [-0.05, 0) is 42.8 Å². The SMILES string of the molecule is Cc1ccc(NC(=O)CN2C(=O)COc3ccc(Cl)cc32)cc1Cl. The minimum atomic E-state index is -0.337. The molecular weight excluding hydrogens is 351 g/mol. The van der Waals surface area contributed by atoms with Gasteiger partial charge in [0.1, 0.15) is 12.3 Å². The Morgan fingerprint density at radius 3 is 2.79 bits per heavy atom. The number of carbonyl (C=O) groups excluding carboxylic acids is 2. The Hall–Kier alpha value is -2.24. The van der Waals surface area contributed by atoms with E-state index in [0.717, 1.165) is 5.56 Å². The maximum absolute atomic E-state index is 12.3. The van der Waals surface area contributed by atoms with Crippen molar-refractivity contribution in [1.29, 1.82) is 0 Å². The fourth-order valence-electron chi connectivity index (χ4n) is 2.36. The van der Waals surface area contributed by atoms with E-state index in [4.69, 9.17) is 27.9 Å². The van der Waals surface area contributed by atoms with Crippen molar-refractivity contribution in [2.75, 3.05) is 23.4 Å². The number of amides is 2. The summed E-state index contributed by atoms with van der Waals surface area (Å²) in [4.78, 5) is 25.8. The third-order valence-corrected chi connectivity index (χ3v) is 4.26. The zero-order valence-electron chi connectivity index (χ0n) is 12.8. The first-order valence-electron chi connectivity index (χ1n) is 7.23. The topological polar surface area (TPSA) is 58.6 Å². The maximum Gasteiger partial charge on any atom is 0.265 e. The molecule has 24 heavy (non-hydrogen) atoms. The molecule has 0 fully saturated rings. The highest BCUT2D eigenvalue weighted by atomic mass is 35.5. The second-order valence-electron chi connectivity index (χ2n) is 5.39. The molecule has 0 saturated carbocycles. The minimum Gasteiger partial charge on any atom is -0.482 e. The Morgan fingerprint density at radius 2 is 2.04 bits per heavy atom. The van der Waals surface area contributed by atoms with Crippen molar-refractivity contribution in [2.24, 2.45) is 0 Å². The van der Waals surface area contributed by atoms with Crippen LogP contribution in [0.2, 0.25) is 10.0 Å². The van der Waals surface area contributed by atoms with Gasteiger partial charge < -0.3 is 10.1 Å². The molecule has 5 nitrogen and oxygen atoms in total. The molecule has 2 aromatic carbocycles. The van der Waals surface area contributed by atoms with Crippen molar-refractivity contribution in [3.63, 3.8) is 0 Å². The van der Waals surface area contributed by atoms with Crippen LogP contribution in [0.15, 0.2) is 36.4 Å². The number of nitrogens with zero attached hydrogens (tertiary/aromatic N) is 1. The largest absolute Gasteiger partial charge is 0.482 e. The van der Waals surface area contributed by atoms with Gasteiger partial charge in [0.05, 0.1) is 5.69 Å². The van der Waals surface area contributed by atoms with Crippen molar-refractivity contribution in [2.45, 2.75) is 6.92 Å². The number of hydrogen-bond acceptors (Lipinski definition) is 3.